The molecule has 0 atom stereocenters. The van der Waals surface area contributed by atoms with Crippen molar-refractivity contribution >= 4 is 0 Å². The van der Waals surface area contributed by atoms with Crippen molar-refractivity contribution in [1.29, 1.82) is 0 Å². The molecule has 0 N–H and O–H groups in total. The molecule has 27 heavy (non-hydrogen) atoms. The minimum Gasteiger partial charge on any atom is -0.460 e. The second-order valence-electron chi connectivity index (χ2n) is 6.72. The van der Waals surface area contributed by atoms with Crippen LogP contribution in [0.4, 0.5) is 0 Å². The molecule has 1 aliphatic rings. The molecule has 1 aliphatic carbocycles. The molecule has 0 saturated heterocycles. The maximum atomic E-state index is 6.37. The Morgan fingerprint density at radius 1 is 0.778 bits per heavy atom. The summed E-state index contributed by atoms with van der Waals surface area (Å²) in [5.74, 6) is 0.630. The van der Waals surface area contributed by atoms with Crippen molar-refractivity contribution in [1.82, 2.24) is 4.98 Å². The number of rotatable bonds is 4. The fourth-order valence-electron chi connectivity index (χ4n) is 3.72. The van der Waals surface area contributed by atoms with E-state index < -0.39 is 0 Å². The number of nitrogens with zero attached hydrogens (tertiary/aromatic N) is 2. The van der Waals surface area contributed by atoms with Gasteiger partial charge in [-0.05, 0) is 11.1 Å². The monoisotopic (exact) mass is 351 g/mol. The fraction of sp³-hybridized carbons (Fsp3) is 0.0833. The Hall–Kier alpha value is -3.46. The van der Waals surface area contributed by atoms with Crippen LogP contribution in [0.3, 0.4) is 0 Å². The Balaban J connectivity index is 1.46. The Morgan fingerprint density at radius 3 is 2.11 bits per heavy atom. The molecule has 0 aliphatic heterocycles. The van der Waals surface area contributed by atoms with Gasteiger partial charge in [-0.2, -0.15) is 4.57 Å². The Labute approximate surface area is 158 Å². The van der Waals surface area contributed by atoms with Crippen molar-refractivity contribution in [2.75, 3.05) is 0 Å². The SMILES string of the molecule is c1ccc(C[n+]2ccnc(OC3c4ccccc4-c4ccccc43)c2)cc1. The zero-order valence-electron chi connectivity index (χ0n) is 14.8. The van der Waals surface area contributed by atoms with Gasteiger partial charge in [0.2, 0.25) is 6.20 Å². The molecule has 0 saturated carbocycles. The minimum atomic E-state index is -0.127. The van der Waals surface area contributed by atoms with E-state index in [1.165, 1.54) is 27.8 Å². The van der Waals surface area contributed by atoms with Gasteiger partial charge in [-0.15, -0.1) is 0 Å². The van der Waals surface area contributed by atoms with Crippen LogP contribution >= 0.6 is 0 Å². The summed E-state index contributed by atoms with van der Waals surface area (Å²) in [4.78, 5) is 4.45. The first-order valence-electron chi connectivity index (χ1n) is 9.12. The Bertz CT molecular complexity index is 1050. The molecule has 0 fully saturated rings. The van der Waals surface area contributed by atoms with Gasteiger partial charge >= 0.3 is 0 Å². The van der Waals surface area contributed by atoms with Gasteiger partial charge in [0.15, 0.2) is 18.8 Å². The number of hydrogen-bond acceptors (Lipinski definition) is 2. The van der Waals surface area contributed by atoms with Gasteiger partial charge in [-0.25, -0.2) is 4.98 Å². The molecule has 5 rings (SSSR count). The molecule has 0 radical (unpaired) electrons. The highest BCUT2D eigenvalue weighted by atomic mass is 16.5. The zero-order valence-corrected chi connectivity index (χ0v) is 14.8. The van der Waals surface area contributed by atoms with Crippen LogP contribution < -0.4 is 9.30 Å². The number of fused-ring (bicyclic) bond motifs is 3. The Morgan fingerprint density at radius 2 is 1.41 bits per heavy atom. The van der Waals surface area contributed by atoms with Crippen LogP contribution in [0.15, 0.2) is 97.5 Å². The molecule has 3 heteroatoms. The number of aromatic nitrogens is 2. The summed E-state index contributed by atoms with van der Waals surface area (Å²) in [7, 11) is 0. The third-order valence-electron chi connectivity index (χ3n) is 4.96. The molecule has 0 unspecified atom stereocenters. The lowest BCUT2D eigenvalue weighted by Gasteiger charge is -2.14. The van der Waals surface area contributed by atoms with E-state index in [4.69, 9.17) is 4.74 Å². The predicted molar refractivity (Wildman–Crippen MR) is 104 cm³/mol. The van der Waals surface area contributed by atoms with Gasteiger partial charge in [-0.1, -0.05) is 78.9 Å². The fourth-order valence-corrected chi connectivity index (χ4v) is 3.72. The zero-order chi connectivity index (χ0) is 18.1. The molecule has 0 amide bonds. The first kappa shape index (κ1) is 15.8. The lowest BCUT2D eigenvalue weighted by atomic mass is 10.1. The van der Waals surface area contributed by atoms with Gasteiger partial charge in [0.1, 0.15) is 0 Å². The van der Waals surface area contributed by atoms with E-state index in [2.05, 4.69) is 82.3 Å². The summed E-state index contributed by atoms with van der Waals surface area (Å²) in [5, 5.41) is 0. The summed E-state index contributed by atoms with van der Waals surface area (Å²) >= 11 is 0. The second kappa shape index (κ2) is 6.69. The van der Waals surface area contributed by atoms with E-state index in [1.807, 2.05) is 18.5 Å². The normalized spacial score (nSPS) is 12.4. The summed E-state index contributed by atoms with van der Waals surface area (Å²) in [5.41, 5.74) is 6.12. The highest BCUT2D eigenvalue weighted by Gasteiger charge is 2.30. The predicted octanol–water partition coefficient (Wildman–Crippen LogP) is 4.57. The van der Waals surface area contributed by atoms with Gasteiger partial charge < -0.3 is 4.74 Å². The Kier molecular flexibility index (Phi) is 3.91. The molecular weight excluding hydrogens is 332 g/mol. The van der Waals surface area contributed by atoms with Gasteiger partial charge in [0.25, 0.3) is 5.88 Å². The van der Waals surface area contributed by atoms with Crippen LogP contribution in [-0.2, 0) is 6.54 Å². The van der Waals surface area contributed by atoms with Crippen LogP contribution in [0.1, 0.15) is 22.8 Å². The van der Waals surface area contributed by atoms with E-state index in [0.717, 1.165) is 6.54 Å². The summed E-state index contributed by atoms with van der Waals surface area (Å²) in [6, 6.07) is 27.3. The van der Waals surface area contributed by atoms with E-state index in [1.54, 1.807) is 6.20 Å². The first-order valence-corrected chi connectivity index (χ1v) is 9.12. The summed E-state index contributed by atoms with van der Waals surface area (Å²) in [6.45, 7) is 0.789. The van der Waals surface area contributed by atoms with Crippen LogP contribution in [0, 0.1) is 0 Å². The van der Waals surface area contributed by atoms with E-state index >= 15 is 0 Å². The molecular formula is C24H19N2O+. The van der Waals surface area contributed by atoms with Crippen molar-refractivity contribution in [3.05, 3.63) is 114 Å². The van der Waals surface area contributed by atoms with Gasteiger partial charge in [0, 0.05) is 16.7 Å². The summed E-state index contributed by atoms with van der Waals surface area (Å²) < 4.78 is 8.48. The van der Waals surface area contributed by atoms with Crippen LogP contribution in [0.2, 0.25) is 0 Å². The molecule has 3 nitrogen and oxygen atoms in total. The van der Waals surface area contributed by atoms with Crippen molar-refractivity contribution < 1.29 is 9.30 Å². The van der Waals surface area contributed by atoms with Crippen LogP contribution in [-0.4, -0.2) is 4.98 Å². The topological polar surface area (TPSA) is 26.0 Å². The maximum absolute atomic E-state index is 6.37. The third kappa shape index (κ3) is 2.97. The van der Waals surface area contributed by atoms with Crippen molar-refractivity contribution in [3.8, 4) is 17.0 Å². The molecule has 4 aromatic rings. The average Bonchev–Trinajstić information content (AvgIpc) is 3.03. The molecule has 0 spiro atoms. The smallest absolute Gasteiger partial charge is 0.280 e. The third-order valence-corrected chi connectivity index (χ3v) is 4.96. The minimum absolute atomic E-state index is 0.127. The number of ether oxygens (including phenoxy) is 1. The van der Waals surface area contributed by atoms with E-state index in [-0.39, 0.29) is 6.10 Å². The van der Waals surface area contributed by atoms with Gasteiger partial charge in [-0.3, -0.25) is 0 Å². The van der Waals surface area contributed by atoms with Gasteiger partial charge in [0.05, 0.1) is 6.20 Å². The highest BCUT2D eigenvalue weighted by molar-refractivity contribution is 5.78. The van der Waals surface area contributed by atoms with Crippen LogP contribution in [0.25, 0.3) is 11.1 Å². The molecule has 3 aromatic carbocycles. The standard InChI is InChI=1S/C24H19N2O/c1-2-8-18(9-3-1)16-26-15-14-25-23(17-26)27-24-21-12-6-4-10-19(21)20-11-5-7-13-22(20)24/h1-15,17,24H,16H2/q+1. The van der Waals surface area contributed by atoms with Crippen molar-refractivity contribution in [2.45, 2.75) is 12.6 Å². The quantitative estimate of drug-likeness (QED) is 0.504. The highest BCUT2D eigenvalue weighted by Crippen LogP contribution is 2.44. The lowest BCUT2D eigenvalue weighted by molar-refractivity contribution is -0.689. The van der Waals surface area contributed by atoms with Crippen molar-refractivity contribution in [2.24, 2.45) is 0 Å². The molecule has 0 bridgehead atoms. The van der Waals surface area contributed by atoms with E-state index in [0.29, 0.717) is 5.88 Å². The summed E-state index contributed by atoms with van der Waals surface area (Å²) in [6.07, 6.45) is 5.61. The second-order valence-corrected chi connectivity index (χ2v) is 6.72. The average molecular weight is 351 g/mol. The van der Waals surface area contributed by atoms with Crippen molar-refractivity contribution in [3.63, 3.8) is 0 Å². The molecule has 1 aromatic heterocycles. The van der Waals surface area contributed by atoms with Crippen LogP contribution in [0.5, 0.6) is 5.88 Å². The largest absolute Gasteiger partial charge is 0.460 e. The molecule has 130 valence electrons. The molecule has 1 heterocycles. The van der Waals surface area contributed by atoms with E-state index in [9.17, 15) is 0 Å². The maximum Gasteiger partial charge on any atom is 0.280 e. The lowest BCUT2D eigenvalue weighted by Crippen LogP contribution is -2.33. The number of benzene rings is 3. The number of hydrogen-bond donors (Lipinski definition) is 0. The first-order chi connectivity index (χ1) is 13.4.